The first-order valence-electron chi connectivity index (χ1n) is 8.89. The maximum absolute atomic E-state index is 4.53. The Morgan fingerprint density at radius 2 is 1.88 bits per heavy atom. The molecule has 2 aromatic heterocycles. The Balaban J connectivity index is 1.53. The number of anilines is 1. The minimum absolute atomic E-state index is 0.649. The van der Waals surface area contributed by atoms with Crippen molar-refractivity contribution in [2.45, 2.75) is 32.4 Å². The average molecular weight is 338 g/mol. The highest BCUT2D eigenvalue weighted by molar-refractivity contribution is 5.79. The van der Waals surface area contributed by atoms with Gasteiger partial charge in [-0.2, -0.15) is 0 Å². The summed E-state index contributed by atoms with van der Waals surface area (Å²) in [6, 6.07) is 10.1. The van der Waals surface area contributed by atoms with Gasteiger partial charge in [0.15, 0.2) is 5.96 Å². The molecule has 0 saturated carbocycles. The second kappa shape index (κ2) is 9.01. The van der Waals surface area contributed by atoms with E-state index in [9.17, 15) is 0 Å². The highest BCUT2D eigenvalue weighted by atomic mass is 15.2. The molecule has 2 aromatic rings. The van der Waals surface area contributed by atoms with Crippen LogP contribution in [0.15, 0.2) is 47.7 Å². The van der Waals surface area contributed by atoms with E-state index >= 15 is 0 Å². The fourth-order valence-electron chi connectivity index (χ4n) is 2.95. The van der Waals surface area contributed by atoms with Gasteiger partial charge in [-0.05, 0) is 49.1 Å². The predicted molar refractivity (Wildman–Crippen MR) is 102 cm³/mol. The molecule has 1 aliphatic heterocycles. The van der Waals surface area contributed by atoms with Gasteiger partial charge in [-0.3, -0.25) is 9.98 Å². The van der Waals surface area contributed by atoms with E-state index in [0.717, 1.165) is 30.6 Å². The summed E-state index contributed by atoms with van der Waals surface area (Å²) in [5, 5.41) is 6.64. The molecular weight excluding hydrogens is 312 g/mol. The second-order valence-corrected chi connectivity index (χ2v) is 6.17. The SMILES string of the molecule is CN=C(NCc1ccnc(N2CCCCC2)c1)NCc1ccccn1. The number of hydrogen-bond donors (Lipinski definition) is 2. The Morgan fingerprint density at radius 3 is 2.64 bits per heavy atom. The Morgan fingerprint density at radius 1 is 1.04 bits per heavy atom. The lowest BCUT2D eigenvalue weighted by Gasteiger charge is -2.28. The molecule has 0 aliphatic carbocycles. The largest absolute Gasteiger partial charge is 0.357 e. The number of nitrogens with one attached hydrogen (secondary N) is 2. The van der Waals surface area contributed by atoms with Crippen LogP contribution in [0, 0.1) is 0 Å². The standard InChI is InChI=1S/C19H26N6/c1-20-19(24-15-17-7-3-4-9-21-17)23-14-16-8-10-22-18(13-16)25-11-5-2-6-12-25/h3-4,7-10,13H,2,5-6,11-12,14-15H2,1H3,(H2,20,23,24). The van der Waals surface area contributed by atoms with Crippen molar-refractivity contribution >= 4 is 11.8 Å². The monoisotopic (exact) mass is 338 g/mol. The second-order valence-electron chi connectivity index (χ2n) is 6.17. The van der Waals surface area contributed by atoms with Crippen LogP contribution >= 0.6 is 0 Å². The van der Waals surface area contributed by atoms with Crippen LogP contribution in [0.25, 0.3) is 0 Å². The normalized spacial score (nSPS) is 15.1. The molecule has 3 rings (SSSR count). The number of aliphatic imine (C=N–C) groups is 1. The first kappa shape index (κ1) is 17.2. The van der Waals surface area contributed by atoms with Gasteiger partial charge < -0.3 is 15.5 Å². The number of nitrogens with zero attached hydrogens (tertiary/aromatic N) is 4. The number of rotatable bonds is 5. The van der Waals surface area contributed by atoms with E-state index in [1.54, 1.807) is 13.2 Å². The van der Waals surface area contributed by atoms with Gasteiger partial charge in [0.25, 0.3) is 0 Å². The predicted octanol–water partition coefficient (Wildman–Crippen LogP) is 2.33. The topological polar surface area (TPSA) is 65.4 Å². The van der Waals surface area contributed by atoms with Crippen LogP contribution in [-0.2, 0) is 13.1 Å². The molecule has 3 heterocycles. The first-order valence-corrected chi connectivity index (χ1v) is 8.89. The third kappa shape index (κ3) is 5.17. The zero-order valence-electron chi connectivity index (χ0n) is 14.8. The van der Waals surface area contributed by atoms with E-state index in [1.807, 2.05) is 30.5 Å². The summed E-state index contributed by atoms with van der Waals surface area (Å²) in [5.74, 6) is 1.84. The van der Waals surface area contributed by atoms with Crippen LogP contribution in [-0.4, -0.2) is 36.1 Å². The molecule has 0 radical (unpaired) electrons. The lowest BCUT2D eigenvalue weighted by molar-refractivity contribution is 0.573. The van der Waals surface area contributed by atoms with Crippen molar-refractivity contribution in [3.63, 3.8) is 0 Å². The Hall–Kier alpha value is -2.63. The van der Waals surface area contributed by atoms with Crippen molar-refractivity contribution in [3.8, 4) is 0 Å². The summed E-state index contributed by atoms with van der Waals surface area (Å²) in [7, 11) is 1.78. The zero-order chi connectivity index (χ0) is 17.3. The number of aromatic nitrogens is 2. The average Bonchev–Trinajstić information content (AvgIpc) is 2.70. The van der Waals surface area contributed by atoms with Crippen molar-refractivity contribution < 1.29 is 0 Å². The van der Waals surface area contributed by atoms with Gasteiger partial charge in [-0.15, -0.1) is 0 Å². The Bertz CT molecular complexity index is 679. The van der Waals surface area contributed by atoms with Crippen molar-refractivity contribution in [2.24, 2.45) is 4.99 Å². The first-order chi connectivity index (χ1) is 12.3. The summed E-state index contributed by atoms with van der Waals surface area (Å²) in [5.41, 5.74) is 2.19. The van der Waals surface area contributed by atoms with Crippen LogP contribution in [0.2, 0.25) is 0 Å². The van der Waals surface area contributed by atoms with Gasteiger partial charge in [-0.1, -0.05) is 6.07 Å². The van der Waals surface area contributed by atoms with Gasteiger partial charge in [0.2, 0.25) is 0 Å². The molecule has 6 heteroatoms. The Labute approximate surface area is 149 Å². The van der Waals surface area contributed by atoms with E-state index in [0.29, 0.717) is 13.1 Å². The molecule has 1 aliphatic rings. The highest BCUT2D eigenvalue weighted by Crippen LogP contribution is 2.18. The summed E-state index contributed by atoms with van der Waals surface area (Å²) < 4.78 is 0. The number of hydrogen-bond acceptors (Lipinski definition) is 4. The molecule has 6 nitrogen and oxygen atoms in total. The van der Waals surface area contributed by atoms with Crippen molar-refractivity contribution in [1.82, 2.24) is 20.6 Å². The van der Waals surface area contributed by atoms with Crippen LogP contribution in [0.3, 0.4) is 0 Å². The van der Waals surface area contributed by atoms with Gasteiger partial charge in [-0.25, -0.2) is 4.98 Å². The fraction of sp³-hybridized carbons (Fsp3) is 0.421. The molecular formula is C19H26N6. The summed E-state index contributed by atoms with van der Waals surface area (Å²) in [6.45, 7) is 3.58. The Kier molecular flexibility index (Phi) is 6.20. The molecule has 0 amide bonds. The number of guanidine groups is 1. The van der Waals surface area contributed by atoms with E-state index < -0.39 is 0 Å². The molecule has 0 aromatic carbocycles. The molecule has 25 heavy (non-hydrogen) atoms. The van der Waals surface area contributed by atoms with Crippen molar-refractivity contribution in [3.05, 3.63) is 54.0 Å². The van der Waals surface area contributed by atoms with Gasteiger partial charge in [0, 0.05) is 39.1 Å². The lowest BCUT2D eigenvalue weighted by atomic mass is 10.1. The van der Waals surface area contributed by atoms with Crippen LogP contribution in [0.5, 0.6) is 0 Å². The number of pyridine rings is 2. The van der Waals surface area contributed by atoms with Crippen molar-refractivity contribution in [1.29, 1.82) is 0 Å². The minimum atomic E-state index is 0.649. The third-order valence-corrected chi connectivity index (χ3v) is 4.34. The number of piperidine rings is 1. The summed E-state index contributed by atoms with van der Waals surface area (Å²) in [4.78, 5) is 15.5. The van der Waals surface area contributed by atoms with Gasteiger partial charge in [0.05, 0.1) is 12.2 Å². The van der Waals surface area contributed by atoms with E-state index in [4.69, 9.17) is 0 Å². The minimum Gasteiger partial charge on any atom is -0.357 e. The molecule has 2 N–H and O–H groups in total. The molecule has 132 valence electrons. The fourth-order valence-corrected chi connectivity index (χ4v) is 2.95. The molecule has 0 spiro atoms. The van der Waals surface area contributed by atoms with Crippen LogP contribution in [0.4, 0.5) is 5.82 Å². The molecule has 0 atom stereocenters. The molecule has 1 saturated heterocycles. The highest BCUT2D eigenvalue weighted by Gasteiger charge is 2.12. The molecule has 1 fully saturated rings. The van der Waals surface area contributed by atoms with E-state index in [2.05, 4.69) is 36.6 Å². The van der Waals surface area contributed by atoms with Gasteiger partial charge in [0.1, 0.15) is 5.82 Å². The summed E-state index contributed by atoms with van der Waals surface area (Å²) in [6.07, 6.45) is 7.54. The van der Waals surface area contributed by atoms with E-state index in [1.165, 1.54) is 24.8 Å². The van der Waals surface area contributed by atoms with Crippen molar-refractivity contribution in [2.75, 3.05) is 25.0 Å². The quantitative estimate of drug-likeness (QED) is 0.647. The maximum Gasteiger partial charge on any atom is 0.191 e. The van der Waals surface area contributed by atoms with Crippen LogP contribution < -0.4 is 15.5 Å². The summed E-state index contributed by atoms with van der Waals surface area (Å²) >= 11 is 0. The zero-order valence-corrected chi connectivity index (χ0v) is 14.8. The van der Waals surface area contributed by atoms with Gasteiger partial charge >= 0.3 is 0 Å². The maximum atomic E-state index is 4.53. The molecule has 0 unspecified atom stereocenters. The van der Waals surface area contributed by atoms with E-state index in [-0.39, 0.29) is 0 Å². The third-order valence-electron chi connectivity index (χ3n) is 4.34. The smallest absolute Gasteiger partial charge is 0.191 e. The van der Waals surface area contributed by atoms with Crippen LogP contribution in [0.1, 0.15) is 30.5 Å². The lowest BCUT2D eigenvalue weighted by Crippen LogP contribution is -2.36. The molecule has 0 bridgehead atoms.